The summed E-state index contributed by atoms with van der Waals surface area (Å²) in [7, 11) is -6.20. The Morgan fingerprint density at radius 1 is 1.26 bits per heavy atom. The van der Waals surface area contributed by atoms with Crippen molar-refractivity contribution in [3.63, 3.8) is 0 Å². The van der Waals surface area contributed by atoms with Gasteiger partial charge in [0.25, 0.3) is 0 Å². The largest absolute Gasteiger partial charge is 0.317 e. The lowest BCUT2D eigenvalue weighted by atomic mass is 10.1. The van der Waals surface area contributed by atoms with Crippen molar-refractivity contribution in [2.24, 2.45) is 5.92 Å². The average molecular weight is 312 g/mol. The van der Waals surface area contributed by atoms with Crippen LogP contribution in [0.2, 0.25) is 0 Å². The minimum Gasteiger partial charge on any atom is -0.317 e. The summed E-state index contributed by atoms with van der Waals surface area (Å²) in [4.78, 5) is 0. The molecule has 0 spiro atoms. The van der Waals surface area contributed by atoms with Crippen molar-refractivity contribution in [1.29, 1.82) is 0 Å². The molecule has 19 heavy (non-hydrogen) atoms. The monoisotopic (exact) mass is 312 g/mol. The Kier molecular flexibility index (Phi) is 6.72. The zero-order chi connectivity index (χ0) is 14.4. The van der Waals surface area contributed by atoms with Crippen molar-refractivity contribution in [3.05, 3.63) is 0 Å². The Balaban J connectivity index is 2.20. The first-order chi connectivity index (χ1) is 8.85. The summed E-state index contributed by atoms with van der Waals surface area (Å²) in [6.07, 6.45) is 2.00. The number of sulfone groups is 1. The van der Waals surface area contributed by atoms with E-state index in [9.17, 15) is 16.8 Å². The van der Waals surface area contributed by atoms with Crippen LogP contribution >= 0.6 is 0 Å². The smallest absolute Gasteiger partial charge is 0.211 e. The van der Waals surface area contributed by atoms with E-state index < -0.39 is 19.9 Å². The van der Waals surface area contributed by atoms with Gasteiger partial charge in [-0.15, -0.1) is 0 Å². The Morgan fingerprint density at radius 2 is 2.00 bits per heavy atom. The van der Waals surface area contributed by atoms with E-state index in [0.29, 0.717) is 12.8 Å². The number of rotatable bonds is 9. The Hall–Kier alpha value is -0.180. The SMILES string of the molecule is CCNCCCCS(=O)(=O)NCC1CCS(=O)(=O)C1. The lowest BCUT2D eigenvalue weighted by Crippen LogP contribution is -2.32. The van der Waals surface area contributed by atoms with Crippen LogP contribution in [0.3, 0.4) is 0 Å². The third kappa shape index (κ3) is 7.24. The summed E-state index contributed by atoms with van der Waals surface area (Å²) in [5.74, 6) is 0.331. The highest BCUT2D eigenvalue weighted by Gasteiger charge is 2.28. The molecule has 1 unspecified atom stereocenters. The van der Waals surface area contributed by atoms with Crippen LogP contribution in [0.15, 0.2) is 0 Å². The maximum absolute atomic E-state index is 11.7. The van der Waals surface area contributed by atoms with Gasteiger partial charge in [-0.2, -0.15) is 0 Å². The molecule has 0 amide bonds. The Bertz CT molecular complexity index is 459. The minimum atomic E-state index is -3.27. The first-order valence-corrected chi connectivity index (χ1v) is 10.2. The second-order valence-corrected chi connectivity index (χ2v) is 9.15. The summed E-state index contributed by atoms with van der Waals surface area (Å²) >= 11 is 0. The van der Waals surface area contributed by atoms with E-state index in [0.717, 1.165) is 19.5 Å². The van der Waals surface area contributed by atoms with E-state index in [1.54, 1.807) is 0 Å². The van der Waals surface area contributed by atoms with Crippen molar-refractivity contribution >= 4 is 19.9 Å². The number of sulfonamides is 1. The molecule has 2 N–H and O–H groups in total. The lowest BCUT2D eigenvalue weighted by Gasteiger charge is -2.10. The lowest BCUT2D eigenvalue weighted by molar-refractivity contribution is 0.540. The van der Waals surface area contributed by atoms with Crippen molar-refractivity contribution in [1.82, 2.24) is 10.0 Å². The van der Waals surface area contributed by atoms with Gasteiger partial charge in [0.15, 0.2) is 9.84 Å². The third-order valence-corrected chi connectivity index (χ3v) is 6.45. The second kappa shape index (κ2) is 7.56. The van der Waals surface area contributed by atoms with Gasteiger partial charge in [0.05, 0.1) is 17.3 Å². The van der Waals surface area contributed by atoms with Gasteiger partial charge < -0.3 is 5.32 Å². The number of nitrogens with one attached hydrogen (secondary N) is 2. The minimum absolute atomic E-state index is 0.0680. The highest BCUT2D eigenvalue weighted by Crippen LogP contribution is 2.17. The molecule has 114 valence electrons. The van der Waals surface area contributed by atoms with Gasteiger partial charge in [0.1, 0.15) is 0 Å². The number of unbranched alkanes of at least 4 members (excludes halogenated alkanes) is 1. The Labute approximate surface area is 116 Å². The molecule has 1 heterocycles. The molecule has 1 aliphatic rings. The van der Waals surface area contributed by atoms with Gasteiger partial charge in [-0.25, -0.2) is 21.6 Å². The maximum Gasteiger partial charge on any atom is 0.211 e. The summed E-state index contributed by atoms with van der Waals surface area (Å²) in [6, 6.07) is 0. The predicted octanol–water partition coefficient (Wildman–Crippen LogP) is -0.270. The topological polar surface area (TPSA) is 92.3 Å². The number of hydrogen-bond acceptors (Lipinski definition) is 5. The zero-order valence-corrected chi connectivity index (χ0v) is 13.0. The molecule has 0 aliphatic carbocycles. The summed E-state index contributed by atoms with van der Waals surface area (Å²) in [5.41, 5.74) is 0. The molecule has 0 aromatic heterocycles. The fourth-order valence-electron chi connectivity index (χ4n) is 2.07. The van der Waals surface area contributed by atoms with Gasteiger partial charge in [-0.3, -0.25) is 0 Å². The van der Waals surface area contributed by atoms with E-state index in [1.807, 2.05) is 6.92 Å². The van der Waals surface area contributed by atoms with E-state index in [-0.39, 0.29) is 29.7 Å². The standard InChI is InChI=1S/C11H24N2O4S2/c1-2-12-6-3-4-7-19(16,17)13-9-11-5-8-18(14,15)10-11/h11-13H,2-10H2,1H3. The first kappa shape index (κ1) is 16.9. The van der Waals surface area contributed by atoms with Crippen molar-refractivity contribution in [2.45, 2.75) is 26.2 Å². The molecule has 8 heteroatoms. The molecular formula is C11H24N2O4S2. The van der Waals surface area contributed by atoms with Crippen LogP contribution in [-0.4, -0.2) is 53.7 Å². The fourth-order valence-corrected chi connectivity index (χ4v) is 5.15. The van der Waals surface area contributed by atoms with Gasteiger partial charge in [-0.05, 0) is 38.3 Å². The highest BCUT2D eigenvalue weighted by atomic mass is 32.2. The second-order valence-electron chi connectivity index (χ2n) is 5.00. The first-order valence-electron chi connectivity index (χ1n) is 6.73. The molecule has 0 aromatic rings. The van der Waals surface area contributed by atoms with Crippen LogP contribution in [-0.2, 0) is 19.9 Å². The van der Waals surface area contributed by atoms with Crippen molar-refractivity contribution in [2.75, 3.05) is 36.9 Å². The van der Waals surface area contributed by atoms with Crippen LogP contribution < -0.4 is 10.0 Å². The predicted molar refractivity (Wildman–Crippen MR) is 76.3 cm³/mol. The molecular weight excluding hydrogens is 288 g/mol. The summed E-state index contributed by atoms with van der Waals surface area (Å²) in [6.45, 7) is 3.97. The summed E-state index contributed by atoms with van der Waals surface area (Å²) in [5, 5.41) is 3.14. The quantitative estimate of drug-likeness (QED) is 0.572. The van der Waals surface area contributed by atoms with E-state index in [4.69, 9.17) is 0 Å². The molecule has 0 radical (unpaired) electrons. The van der Waals surface area contributed by atoms with Crippen molar-refractivity contribution < 1.29 is 16.8 Å². The zero-order valence-electron chi connectivity index (χ0n) is 11.4. The van der Waals surface area contributed by atoms with Crippen LogP contribution in [0.1, 0.15) is 26.2 Å². The fraction of sp³-hybridized carbons (Fsp3) is 1.00. The van der Waals surface area contributed by atoms with Gasteiger partial charge in [-0.1, -0.05) is 6.92 Å². The molecule has 0 bridgehead atoms. The van der Waals surface area contributed by atoms with E-state index in [1.165, 1.54) is 0 Å². The van der Waals surface area contributed by atoms with Crippen LogP contribution in [0.4, 0.5) is 0 Å². The molecule has 0 aromatic carbocycles. The van der Waals surface area contributed by atoms with Gasteiger partial charge in [0.2, 0.25) is 10.0 Å². The molecule has 1 saturated heterocycles. The molecule has 1 atom stereocenters. The van der Waals surface area contributed by atoms with E-state index in [2.05, 4.69) is 10.0 Å². The molecule has 1 fully saturated rings. The normalized spacial score (nSPS) is 22.7. The maximum atomic E-state index is 11.7. The third-order valence-electron chi connectivity index (χ3n) is 3.19. The van der Waals surface area contributed by atoms with Gasteiger partial charge >= 0.3 is 0 Å². The Morgan fingerprint density at radius 3 is 2.58 bits per heavy atom. The molecule has 1 rings (SSSR count). The highest BCUT2D eigenvalue weighted by molar-refractivity contribution is 7.91. The molecule has 0 saturated carbocycles. The van der Waals surface area contributed by atoms with Crippen LogP contribution in [0.25, 0.3) is 0 Å². The van der Waals surface area contributed by atoms with Crippen LogP contribution in [0.5, 0.6) is 0 Å². The van der Waals surface area contributed by atoms with E-state index >= 15 is 0 Å². The molecule has 1 aliphatic heterocycles. The van der Waals surface area contributed by atoms with Gasteiger partial charge in [0, 0.05) is 6.54 Å². The average Bonchev–Trinajstić information content (AvgIpc) is 2.66. The van der Waals surface area contributed by atoms with Crippen LogP contribution in [0, 0.1) is 5.92 Å². The summed E-state index contributed by atoms with van der Waals surface area (Å²) < 4.78 is 48.4. The molecule has 6 nitrogen and oxygen atoms in total. The van der Waals surface area contributed by atoms with Crippen molar-refractivity contribution in [3.8, 4) is 0 Å². The number of hydrogen-bond donors (Lipinski definition) is 2.